The van der Waals surface area contributed by atoms with Crippen LogP contribution in [0.4, 0.5) is 9.52 Å². The summed E-state index contributed by atoms with van der Waals surface area (Å²) in [5.41, 5.74) is 1.71. The molecule has 5 rings (SSSR count). The van der Waals surface area contributed by atoms with Crippen LogP contribution in [0.25, 0.3) is 10.3 Å². The summed E-state index contributed by atoms with van der Waals surface area (Å²) in [6.45, 7) is 0. The van der Waals surface area contributed by atoms with E-state index < -0.39 is 20.7 Å². The fraction of sp³-hybridized carbons (Fsp3) is 0.0400. The summed E-state index contributed by atoms with van der Waals surface area (Å²) in [6, 6.07) is 23.9. The summed E-state index contributed by atoms with van der Waals surface area (Å²) in [6.07, 6.45) is 1.67. The summed E-state index contributed by atoms with van der Waals surface area (Å²) in [5.74, 6) is -0.987. The quantitative estimate of drug-likeness (QED) is 0.309. The molecule has 0 saturated heterocycles. The largest absolute Gasteiger partial charge is 0.326 e. The van der Waals surface area contributed by atoms with Crippen molar-refractivity contribution in [3.8, 4) is 0 Å². The first-order valence-corrected chi connectivity index (χ1v) is 13.1. The van der Waals surface area contributed by atoms with Gasteiger partial charge in [0.25, 0.3) is 10.0 Å². The predicted octanol–water partition coefficient (Wildman–Crippen LogP) is 5.69. The second kappa shape index (κ2) is 9.26. The van der Waals surface area contributed by atoms with E-state index >= 15 is 0 Å². The summed E-state index contributed by atoms with van der Waals surface area (Å²) < 4.78 is 44.2. The van der Waals surface area contributed by atoms with Crippen molar-refractivity contribution in [1.82, 2.24) is 9.55 Å². The summed E-state index contributed by atoms with van der Waals surface area (Å²) in [7, 11) is -4.31. The molecule has 2 aromatic heterocycles. The number of pyridine rings is 1. The van der Waals surface area contributed by atoms with Crippen LogP contribution in [0.15, 0.2) is 101 Å². The Bertz CT molecular complexity index is 1650. The average Bonchev–Trinajstić information content (AvgIpc) is 3.26. The Morgan fingerprint density at radius 1 is 0.943 bits per heavy atom. The Labute approximate surface area is 209 Å². The minimum absolute atomic E-state index is 0.0497. The van der Waals surface area contributed by atoms with Crippen LogP contribution >= 0.6 is 22.9 Å². The smallest absolute Gasteiger partial charge is 0.266 e. The number of benzene rings is 3. The molecular formula is C25H17ClFN3O3S2. The molecular weight excluding hydrogens is 509 g/mol. The molecule has 2 heterocycles. The Morgan fingerprint density at radius 3 is 2.17 bits per heavy atom. The summed E-state index contributed by atoms with van der Waals surface area (Å²) >= 11 is 6.74. The van der Waals surface area contributed by atoms with Crippen LogP contribution < -0.4 is 10.2 Å². The molecule has 0 unspecified atom stereocenters. The van der Waals surface area contributed by atoms with E-state index in [-0.39, 0.29) is 27.1 Å². The van der Waals surface area contributed by atoms with Gasteiger partial charge >= 0.3 is 0 Å². The van der Waals surface area contributed by atoms with Crippen molar-refractivity contribution in [2.75, 3.05) is 4.72 Å². The van der Waals surface area contributed by atoms with Gasteiger partial charge in [-0.3, -0.25) is 9.52 Å². The molecule has 176 valence electrons. The van der Waals surface area contributed by atoms with E-state index in [1.54, 1.807) is 6.20 Å². The molecule has 6 nitrogen and oxygen atoms in total. The SMILES string of the molecule is O=c1ccn(C(c2ccccc2)c2ccccc2)c2sc(NS(=O)(=O)c3ccc(Cl)cc3F)nc12. The Hall–Kier alpha value is -3.53. The highest BCUT2D eigenvalue weighted by Crippen LogP contribution is 2.33. The average molecular weight is 526 g/mol. The minimum atomic E-state index is -4.31. The van der Waals surface area contributed by atoms with Crippen LogP contribution in [0.2, 0.25) is 5.02 Å². The molecule has 1 N–H and O–H groups in total. The van der Waals surface area contributed by atoms with Gasteiger partial charge < -0.3 is 4.57 Å². The van der Waals surface area contributed by atoms with Gasteiger partial charge in [-0.1, -0.05) is 83.6 Å². The fourth-order valence-corrected chi connectivity index (χ4v) is 6.27. The molecule has 0 radical (unpaired) electrons. The molecule has 0 aliphatic heterocycles. The van der Waals surface area contributed by atoms with E-state index in [0.717, 1.165) is 34.6 Å². The van der Waals surface area contributed by atoms with Gasteiger partial charge in [0.05, 0.1) is 6.04 Å². The highest BCUT2D eigenvalue weighted by Gasteiger charge is 2.24. The molecule has 0 bridgehead atoms. The number of sulfonamides is 1. The maximum Gasteiger partial charge on any atom is 0.266 e. The normalized spacial score (nSPS) is 11.7. The standard InChI is InChI=1S/C25H17ClFN3O3S2/c26-18-11-12-21(19(27)15-18)35(32,33)29-25-28-22-20(31)13-14-30(24(22)34-25)23(16-7-3-1-4-8-16)17-9-5-2-6-10-17/h1-15,23H,(H,28,29). The molecule has 0 spiro atoms. The van der Waals surface area contributed by atoms with Gasteiger partial charge in [-0.25, -0.2) is 17.8 Å². The number of fused-ring (bicyclic) bond motifs is 1. The van der Waals surface area contributed by atoms with Crippen molar-refractivity contribution in [2.45, 2.75) is 10.9 Å². The van der Waals surface area contributed by atoms with Crippen LogP contribution in [0, 0.1) is 5.82 Å². The third-order valence-electron chi connectivity index (χ3n) is 5.38. The minimum Gasteiger partial charge on any atom is -0.326 e. The first kappa shape index (κ1) is 23.2. The highest BCUT2D eigenvalue weighted by molar-refractivity contribution is 7.93. The van der Waals surface area contributed by atoms with Crippen LogP contribution in [-0.4, -0.2) is 18.0 Å². The van der Waals surface area contributed by atoms with Gasteiger partial charge in [-0.15, -0.1) is 0 Å². The highest BCUT2D eigenvalue weighted by atomic mass is 35.5. The maximum absolute atomic E-state index is 14.3. The van der Waals surface area contributed by atoms with Crippen LogP contribution in [0.3, 0.4) is 0 Å². The number of hydrogen-bond acceptors (Lipinski definition) is 5. The van der Waals surface area contributed by atoms with Gasteiger partial charge in [0.2, 0.25) is 5.43 Å². The number of nitrogens with one attached hydrogen (secondary N) is 1. The van der Waals surface area contributed by atoms with Crippen molar-refractivity contribution in [2.24, 2.45) is 0 Å². The zero-order valence-corrected chi connectivity index (χ0v) is 20.3. The first-order valence-electron chi connectivity index (χ1n) is 10.4. The second-order valence-electron chi connectivity index (χ2n) is 7.66. The van der Waals surface area contributed by atoms with E-state index in [1.807, 2.05) is 65.2 Å². The van der Waals surface area contributed by atoms with Crippen molar-refractivity contribution in [1.29, 1.82) is 0 Å². The molecule has 10 heteroatoms. The van der Waals surface area contributed by atoms with Crippen molar-refractivity contribution in [3.63, 3.8) is 0 Å². The predicted molar refractivity (Wildman–Crippen MR) is 136 cm³/mol. The first-order chi connectivity index (χ1) is 16.8. The van der Waals surface area contributed by atoms with Gasteiger partial charge in [-0.2, -0.15) is 0 Å². The molecule has 3 aromatic carbocycles. The Morgan fingerprint density at radius 2 is 1.57 bits per heavy atom. The molecule has 0 amide bonds. The molecule has 0 aliphatic rings. The molecule has 0 atom stereocenters. The number of thiazole rings is 1. The summed E-state index contributed by atoms with van der Waals surface area (Å²) in [4.78, 5) is 16.8. The van der Waals surface area contributed by atoms with Crippen LogP contribution in [0.5, 0.6) is 0 Å². The van der Waals surface area contributed by atoms with Gasteiger partial charge in [0.1, 0.15) is 21.1 Å². The van der Waals surface area contributed by atoms with E-state index in [2.05, 4.69) is 9.71 Å². The lowest BCUT2D eigenvalue weighted by molar-refractivity contribution is 0.570. The fourth-order valence-electron chi connectivity index (χ4n) is 3.84. The maximum atomic E-state index is 14.3. The molecule has 0 saturated carbocycles. The summed E-state index contributed by atoms with van der Waals surface area (Å²) in [5, 5.41) is 0.0256. The number of rotatable bonds is 6. The monoisotopic (exact) mass is 525 g/mol. The number of hydrogen-bond donors (Lipinski definition) is 1. The van der Waals surface area contributed by atoms with Gasteiger partial charge in [0.15, 0.2) is 5.13 Å². The lowest BCUT2D eigenvalue weighted by atomic mass is 9.98. The van der Waals surface area contributed by atoms with Crippen LogP contribution in [-0.2, 0) is 10.0 Å². The van der Waals surface area contributed by atoms with Crippen molar-refractivity contribution in [3.05, 3.63) is 123 Å². The molecule has 5 aromatic rings. The lowest BCUT2D eigenvalue weighted by Gasteiger charge is -2.22. The zero-order valence-electron chi connectivity index (χ0n) is 17.9. The van der Waals surface area contributed by atoms with E-state index in [0.29, 0.717) is 4.83 Å². The number of nitrogens with zero attached hydrogens (tertiary/aromatic N) is 2. The van der Waals surface area contributed by atoms with Gasteiger partial charge in [-0.05, 0) is 29.3 Å². The van der Waals surface area contributed by atoms with Gasteiger partial charge in [0, 0.05) is 17.3 Å². The topological polar surface area (TPSA) is 81.1 Å². The third-order valence-corrected chi connectivity index (χ3v) is 8.10. The van der Waals surface area contributed by atoms with E-state index in [4.69, 9.17) is 11.6 Å². The van der Waals surface area contributed by atoms with E-state index in [9.17, 15) is 17.6 Å². The van der Waals surface area contributed by atoms with Crippen LogP contribution in [0.1, 0.15) is 17.2 Å². The number of aromatic nitrogens is 2. The number of anilines is 1. The number of halogens is 2. The Kier molecular flexibility index (Phi) is 6.14. The Balaban J connectivity index is 1.64. The van der Waals surface area contributed by atoms with Crippen molar-refractivity contribution >= 4 is 48.4 Å². The third kappa shape index (κ3) is 4.58. The molecule has 35 heavy (non-hydrogen) atoms. The molecule has 0 fully saturated rings. The second-order valence-corrected chi connectivity index (χ2v) is 10.7. The molecule has 0 aliphatic carbocycles. The lowest BCUT2D eigenvalue weighted by Crippen LogP contribution is -2.15. The van der Waals surface area contributed by atoms with E-state index in [1.165, 1.54) is 12.1 Å². The van der Waals surface area contributed by atoms with Crippen molar-refractivity contribution < 1.29 is 12.8 Å². The zero-order chi connectivity index (χ0) is 24.6.